The molecule has 0 saturated carbocycles. The van der Waals surface area contributed by atoms with Gasteiger partial charge >= 0.3 is 5.97 Å². The van der Waals surface area contributed by atoms with Crippen molar-refractivity contribution >= 4 is 34.4 Å². The van der Waals surface area contributed by atoms with Crippen LogP contribution in [0.25, 0.3) is 10.9 Å². The third-order valence-electron chi connectivity index (χ3n) is 4.75. The third kappa shape index (κ3) is 4.79. The van der Waals surface area contributed by atoms with Gasteiger partial charge in [0, 0.05) is 42.0 Å². The zero-order chi connectivity index (χ0) is 21.8. The number of hydrogen-bond acceptors (Lipinski definition) is 3. The Morgan fingerprint density at radius 2 is 2.07 bits per heavy atom. The Labute approximate surface area is 177 Å². The Kier molecular flexibility index (Phi) is 6.72. The minimum atomic E-state index is -0.589. The van der Waals surface area contributed by atoms with Gasteiger partial charge < -0.3 is 14.6 Å². The molecule has 5 nitrogen and oxygen atoms in total. The van der Waals surface area contributed by atoms with Crippen molar-refractivity contribution in [3.05, 3.63) is 70.1 Å². The normalized spacial score (nSPS) is 14.3. The van der Waals surface area contributed by atoms with E-state index in [1.54, 1.807) is 36.9 Å². The van der Waals surface area contributed by atoms with E-state index in [9.17, 15) is 18.4 Å². The molecule has 2 aromatic rings. The van der Waals surface area contributed by atoms with Gasteiger partial charge in [0.2, 0.25) is 0 Å². The van der Waals surface area contributed by atoms with Crippen molar-refractivity contribution in [2.24, 2.45) is 7.05 Å². The summed E-state index contributed by atoms with van der Waals surface area (Å²) in [6, 6.07) is 4.17. The fourth-order valence-electron chi connectivity index (χ4n) is 3.25. The molecule has 3 rings (SSSR count). The lowest BCUT2D eigenvalue weighted by atomic mass is 10.1. The van der Waals surface area contributed by atoms with Gasteiger partial charge in [0.15, 0.2) is 0 Å². The first-order valence-electron chi connectivity index (χ1n) is 9.47. The molecule has 0 radical (unpaired) electrons. The standard InChI is InChI=1S/C22H21ClF2N2O3/c1-3-30-21(28)9-5-13-4-7-17(23)19(11-18(13)25)26-22(29)16-12-27(2)20-8-6-14(24)10-15(16)20/h4,6,8,10-12H,3,5,7,9H2,1-2H3,(H,26,29). The highest BCUT2D eigenvalue weighted by Crippen LogP contribution is 2.28. The Morgan fingerprint density at radius 1 is 1.30 bits per heavy atom. The fraction of sp³-hybridized carbons (Fsp3) is 0.273. The number of carbonyl (C=O) groups excluding carboxylic acids is 2. The molecule has 0 aliphatic heterocycles. The Bertz CT molecular complexity index is 1100. The monoisotopic (exact) mass is 434 g/mol. The predicted molar refractivity (Wildman–Crippen MR) is 111 cm³/mol. The van der Waals surface area contributed by atoms with E-state index in [0.29, 0.717) is 16.5 Å². The quantitative estimate of drug-likeness (QED) is 0.649. The lowest BCUT2D eigenvalue weighted by Gasteiger charge is -2.08. The molecular weight excluding hydrogens is 414 g/mol. The van der Waals surface area contributed by atoms with Crippen LogP contribution in [0.5, 0.6) is 0 Å². The van der Waals surface area contributed by atoms with Crippen molar-refractivity contribution in [2.75, 3.05) is 6.61 Å². The molecule has 1 aromatic heterocycles. The highest BCUT2D eigenvalue weighted by molar-refractivity contribution is 6.30. The van der Waals surface area contributed by atoms with E-state index in [0.717, 1.165) is 6.08 Å². The molecule has 0 fully saturated rings. The van der Waals surface area contributed by atoms with Crippen molar-refractivity contribution in [1.82, 2.24) is 9.88 Å². The summed E-state index contributed by atoms with van der Waals surface area (Å²) in [6.45, 7) is 1.96. The van der Waals surface area contributed by atoms with Crippen LogP contribution in [0.3, 0.4) is 0 Å². The number of rotatable bonds is 6. The summed E-state index contributed by atoms with van der Waals surface area (Å²) in [7, 11) is 1.74. The number of esters is 1. The van der Waals surface area contributed by atoms with E-state index < -0.39 is 23.5 Å². The number of aromatic nitrogens is 1. The molecule has 1 aromatic carbocycles. The number of halogens is 3. The molecule has 30 heavy (non-hydrogen) atoms. The van der Waals surface area contributed by atoms with Crippen LogP contribution in [0, 0.1) is 5.82 Å². The van der Waals surface area contributed by atoms with Crippen LogP contribution in [0.1, 0.15) is 36.5 Å². The van der Waals surface area contributed by atoms with Crippen LogP contribution in [0.2, 0.25) is 0 Å². The summed E-state index contributed by atoms with van der Waals surface area (Å²) in [5.74, 6) is -1.99. The first kappa shape index (κ1) is 21.8. The Morgan fingerprint density at radius 3 is 2.80 bits per heavy atom. The first-order chi connectivity index (χ1) is 14.3. The minimum absolute atomic E-state index is 0.0435. The zero-order valence-corrected chi connectivity index (χ0v) is 17.4. The van der Waals surface area contributed by atoms with E-state index in [-0.39, 0.29) is 42.2 Å². The number of hydrogen-bond donors (Lipinski definition) is 1. The van der Waals surface area contributed by atoms with Gasteiger partial charge in [-0.1, -0.05) is 17.7 Å². The van der Waals surface area contributed by atoms with Gasteiger partial charge in [-0.3, -0.25) is 9.59 Å². The Balaban J connectivity index is 1.79. The smallest absolute Gasteiger partial charge is 0.306 e. The van der Waals surface area contributed by atoms with Gasteiger partial charge in [0.1, 0.15) is 11.6 Å². The molecule has 158 valence electrons. The van der Waals surface area contributed by atoms with E-state index in [2.05, 4.69) is 5.32 Å². The van der Waals surface area contributed by atoms with Crippen LogP contribution in [-0.4, -0.2) is 23.1 Å². The largest absolute Gasteiger partial charge is 0.466 e. The molecule has 0 saturated heterocycles. The molecule has 1 aliphatic rings. The summed E-state index contributed by atoms with van der Waals surface area (Å²) in [6.07, 6.45) is 4.70. The van der Waals surface area contributed by atoms with Gasteiger partial charge in [-0.05, 0) is 43.2 Å². The maximum Gasteiger partial charge on any atom is 0.306 e. The number of benzene rings is 1. The molecule has 0 unspecified atom stereocenters. The minimum Gasteiger partial charge on any atom is -0.466 e. The highest BCUT2D eigenvalue weighted by atomic mass is 35.5. The van der Waals surface area contributed by atoms with E-state index in [1.165, 1.54) is 12.1 Å². The summed E-state index contributed by atoms with van der Waals surface area (Å²) in [5.41, 5.74) is 1.37. The number of nitrogens with zero attached hydrogens (tertiary/aromatic N) is 1. The predicted octanol–water partition coefficient (Wildman–Crippen LogP) is 5.02. The number of carbonyl (C=O) groups is 2. The van der Waals surface area contributed by atoms with Gasteiger partial charge in [0.25, 0.3) is 5.91 Å². The molecule has 8 heteroatoms. The number of amides is 1. The molecular formula is C22H21ClF2N2O3. The summed E-state index contributed by atoms with van der Waals surface area (Å²) < 4.78 is 34.9. The van der Waals surface area contributed by atoms with Crippen molar-refractivity contribution in [2.45, 2.75) is 26.2 Å². The van der Waals surface area contributed by atoms with Crippen LogP contribution in [-0.2, 0) is 16.6 Å². The molecule has 0 bridgehead atoms. The second kappa shape index (κ2) is 9.26. The maximum atomic E-state index is 14.7. The Hall–Kier alpha value is -2.93. The fourth-order valence-corrected chi connectivity index (χ4v) is 3.43. The molecule has 0 atom stereocenters. The zero-order valence-electron chi connectivity index (χ0n) is 16.6. The lowest BCUT2D eigenvalue weighted by molar-refractivity contribution is -0.143. The number of allylic oxidation sites excluding steroid dienone is 5. The lowest BCUT2D eigenvalue weighted by Crippen LogP contribution is -2.22. The van der Waals surface area contributed by atoms with E-state index in [1.807, 2.05) is 0 Å². The van der Waals surface area contributed by atoms with Crippen molar-refractivity contribution < 1.29 is 23.1 Å². The van der Waals surface area contributed by atoms with Gasteiger partial charge in [0.05, 0.1) is 17.9 Å². The molecule has 1 heterocycles. The van der Waals surface area contributed by atoms with Crippen molar-refractivity contribution in [3.8, 4) is 0 Å². The molecule has 0 spiro atoms. The number of nitrogens with one attached hydrogen (secondary N) is 1. The van der Waals surface area contributed by atoms with Crippen molar-refractivity contribution in [1.29, 1.82) is 0 Å². The van der Waals surface area contributed by atoms with Gasteiger partial charge in [-0.15, -0.1) is 0 Å². The van der Waals surface area contributed by atoms with Crippen LogP contribution < -0.4 is 5.32 Å². The SMILES string of the molecule is CCOC(=O)CCC1=CCC(Cl)=C(NC(=O)c2cn(C)c3ccc(F)cc23)C=C1F. The average Bonchev–Trinajstić information content (AvgIpc) is 2.96. The van der Waals surface area contributed by atoms with Crippen LogP contribution >= 0.6 is 11.6 Å². The van der Waals surface area contributed by atoms with Crippen LogP contribution in [0.4, 0.5) is 8.78 Å². The molecule has 1 aliphatic carbocycles. The van der Waals surface area contributed by atoms with E-state index in [4.69, 9.17) is 16.3 Å². The molecule has 1 N–H and O–H groups in total. The van der Waals surface area contributed by atoms with Crippen LogP contribution in [0.15, 0.2) is 58.7 Å². The third-order valence-corrected chi connectivity index (χ3v) is 5.10. The number of ether oxygens (including phenoxy) is 1. The number of aryl methyl sites for hydroxylation is 1. The maximum absolute atomic E-state index is 14.7. The second-order valence-corrected chi connectivity index (χ2v) is 7.27. The highest BCUT2D eigenvalue weighted by Gasteiger charge is 2.19. The number of fused-ring (bicyclic) bond motifs is 1. The van der Waals surface area contributed by atoms with E-state index >= 15 is 0 Å². The second-order valence-electron chi connectivity index (χ2n) is 6.82. The summed E-state index contributed by atoms with van der Waals surface area (Å²) >= 11 is 6.26. The van der Waals surface area contributed by atoms with Gasteiger partial charge in [-0.2, -0.15) is 0 Å². The summed E-state index contributed by atoms with van der Waals surface area (Å²) in [5, 5.41) is 3.31. The topological polar surface area (TPSA) is 60.3 Å². The average molecular weight is 435 g/mol. The summed E-state index contributed by atoms with van der Waals surface area (Å²) in [4.78, 5) is 24.3. The van der Waals surface area contributed by atoms with Crippen molar-refractivity contribution in [3.63, 3.8) is 0 Å². The first-order valence-corrected chi connectivity index (χ1v) is 9.84. The molecule has 1 amide bonds. The van der Waals surface area contributed by atoms with Gasteiger partial charge in [-0.25, -0.2) is 8.78 Å².